The van der Waals surface area contributed by atoms with Gasteiger partial charge < -0.3 is 9.52 Å². The molecule has 0 aliphatic heterocycles. The van der Waals surface area contributed by atoms with Crippen molar-refractivity contribution in [2.45, 2.75) is 24.8 Å². The van der Waals surface area contributed by atoms with Crippen molar-refractivity contribution in [3.8, 4) is 11.4 Å². The van der Waals surface area contributed by atoms with Crippen LogP contribution >= 0.6 is 11.8 Å². The fourth-order valence-corrected chi connectivity index (χ4v) is 3.99. The largest absolute Gasteiger partial charge is 0.508 e. The van der Waals surface area contributed by atoms with Crippen molar-refractivity contribution in [1.29, 1.82) is 0 Å². The van der Waals surface area contributed by atoms with E-state index in [1.165, 1.54) is 23.9 Å². The van der Waals surface area contributed by atoms with Gasteiger partial charge in [0.25, 0.3) is 0 Å². The number of nitrogens with zero attached hydrogens (tertiary/aromatic N) is 3. The van der Waals surface area contributed by atoms with Gasteiger partial charge in [-0.3, -0.25) is 4.57 Å². The molecule has 4 aromatic rings. The van der Waals surface area contributed by atoms with Crippen LogP contribution in [0.1, 0.15) is 17.0 Å². The summed E-state index contributed by atoms with van der Waals surface area (Å²) in [4.78, 5) is 11.9. The van der Waals surface area contributed by atoms with Crippen molar-refractivity contribution < 1.29 is 9.52 Å². The molecule has 0 atom stereocenters. The first-order valence-electron chi connectivity index (χ1n) is 8.39. The zero-order valence-electron chi connectivity index (χ0n) is 14.8. The van der Waals surface area contributed by atoms with Crippen molar-refractivity contribution in [3.05, 3.63) is 75.9 Å². The molecule has 6 nitrogen and oxygen atoms in total. The maximum absolute atomic E-state index is 11.9. The summed E-state index contributed by atoms with van der Waals surface area (Å²) in [6.07, 6.45) is 0. The third-order valence-electron chi connectivity index (χ3n) is 4.32. The topological polar surface area (TPSA) is 81.2 Å². The highest BCUT2D eigenvalue weighted by molar-refractivity contribution is 7.98. The van der Waals surface area contributed by atoms with Crippen LogP contribution in [0.25, 0.3) is 16.7 Å². The van der Waals surface area contributed by atoms with Gasteiger partial charge in [-0.15, -0.1) is 10.2 Å². The molecule has 0 radical (unpaired) electrons. The summed E-state index contributed by atoms with van der Waals surface area (Å²) >= 11 is 1.50. The van der Waals surface area contributed by atoms with Gasteiger partial charge in [-0.2, -0.15) is 0 Å². The van der Waals surface area contributed by atoms with Gasteiger partial charge in [0.1, 0.15) is 17.2 Å². The number of fused-ring (bicyclic) bond motifs is 1. The first kappa shape index (κ1) is 17.4. The summed E-state index contributed by atoms with van der Waals surface area (Å²) in [5.41, 5.74) is 2.91. The maximum Gasteiger partial charge on any atom is 0.336 e. The van der Waals surface area contributed by atoms with Crippen LogP contribution in [0.2, 0.25) is 0 Å². The summed E-state index contributed by atoms with van der Waals surface area (Å²) in [7, 11) is 0. The number of aryl methyl sites for hydroxylation is 2. The van der Waals surface area contributed by atoms with E-state index in [1.54, 1.807) is 12.1 Å². The van der Waals surface area contributed by atoms with Gasteiger partial charge >= 0.3 is 5.63 Å². The molecule has 1 N–H and O–H groups in total. The molecule has 136 valence electrons. The fourth-order valence-electron chi connectivity index (χ4n) is 3.01. The lowest BCUT2D eigenvalue weighted by atomic mass is 10.1. The summed E-state index contributed by atoms with van der Waals surface area (Å²) in [6.45, 7) is 3.96. The van der Waals surface area contributed by atoms with Crippen LogP contribution in [0.15, 0.2) is 62.9 Å². The number of aromatic hydroxyl groups is 1. The quantitative estimate of drug-likeness (QED) is 0.427. The van der Waals surface area contributed by atoms with E-state index in [0.717, 1.165) is 33.2 Å². The molecule has 0 fully saturated rings. The van der Waals surface area contributed by atoms with Gasteiger partial charge in [0.05, 0.1) is 5.69 Å². The van der Waals surface area contributed by atoms with Gasteiger partial charge in [0.2, 0.25) is 0 Å². The summed E-state index contributed by atoms with van der Waals surface area (Å²) in [5.74, 6) is 1.39. The average molecular weight is 379 g/mol. The molecule has 2 heterocycles. The number of aromatic nitrogens is 3. The zero-order valence-corrected chi connectivity index (χ0v) is 15.7. The molecule has 0 aliphatic carbocycles. The van der Waals surface area contributed by atoms with Gasteiger partial charge in [-0.25, -0.2) is 4.79 Å². The van der Waals surface area contributed by atoms with Crippen LogP contribution in [0.4, 0.5) is 0 Å². The third kappa shape index (κ3) is 3.33. The monoisotopic (exact) mass is 379 g/mol. The first-order valence-corrected chi connectivity index (χ1v) is 9.38. The molecule has 0 aliphatic rings. The van der Waals surface area contributed by atoms with Crippen LogP contribution in [0.3, 0.4) is 0 Å². The van der Waals surface area contributed by atoms with Crippen molar-refractivity contribution in [2.75, 3.05) is 0 Å². The van der Waals surface area contributed by atoms with Gasteiger partial charge in [0.15, 0.2) is 5.16 Å². The van der Waals surface area contributed by atoms with E-state index in [9.17, 15) is 9.90 Å². The maximum atomic E-state index is 11.9. The molecule has 27 heavy (non-hydrogen) atoms. The molecule has 0 amide bonds. The zero-order chi connectivity index (χ0) is 19.0. The molecule has 0 bridgehead atoms. The van der Waals surface area contributed by atoms with Crippen LogP contribution in [-0.2, 0) is 5.75 Å². The molecule has 0 saturated heterocycles. The molecular weight excluding hydrogens is 362 g/mol. The Labute approximate surface area is 159 Å². The van der Waals surface area contributed by atoms with Crippen LogP contribution in [0, 0.1) is 13.8 Å². The SMILES string of the molecule is Cc1ccccc1-n1c(C)nnc1SCc1cc(=O)oc2cc(O)ccc12. The van der Waals surface area contributed by atoms with Crippen molar-refractivity contribution >= 4 is 22.7 Å². The van der Waals surface area contributed by atoms with E-state index in [0.29, 0.717) is 11.3 Å². The second-order valence-corrected chi connectivity index (χ2v) is 7.15. The molecule has 2 aromatic heterocycles. The lowest BCUT2D eigenvalue weighted by Gasteiger charge is -2.11. The van der Waals surface area contributed by atoms with Gasteiger partial charge in [-0.05, 0) is 43.2 Å². The first-order chi connectivity index (χ1) is 13.0. The number of hydrogen-bond acceptors (Lipinski definition) is 6. The predicted octanol–water partition coefficient (Wildman–Crippen LogP) is 3.99. The summed E-state index contributed by atoms with van der Waals surface area (Å²) in [5, 5.41) is 19.7. The highest BCUT2D eigenvalue weighted by Gasteiger charge is 2.14. The third-order valence-corrected chi connectivity index (χ3v) is 5.30. The minimum Gasteiger partial charge on any atom is -0.508 e. The minimum absolute atomic E-state index is 0.0605. The van der Waals surface area contributed by atoms with E-state index in [1.807, 2.05) is 42.7 Å². The van der Waals surface area contributed by atoms with Gasteiger partial charge in [0, 0.05) is 23.3 Å². The number of hydrogen-bond donors (Lipinski definition) is 1. The number of benzene rings is 2. The number of phenols is 1. The van der Waals surface area contributed by atoms with Crippen LogP contribution < -0.4 is 5.63 Å². The van der Waals surface area contributed by atoms with E-state index in [2.05, 4.69) is 10.2 Å². The highest BCUT2D eigenvalue weighted by atomic mass is 32.2. The Morgan fingerprint density at radius 2 is 1.93 bits per heavy atom. The summed E-state index contributed by atoms with van der Waals surface area (Å²) in [6, 6.07) is 14.3. The van der Waals surface area contributed by atoms with E-state index >= 15 is 0 Å². The standard InChI is InChI=1S/C20H17N3O3S/c1-12-5-3-4-6-17(12)23-13(2)21-22-20(23)27-11-14-9-19(25)26-18-10-15(24)7-8-16(14)18/h3-10,24H,11H2,1-2H3. The van der Waals surface area contributed by atoms with Crippen LogP contribution in [-0.4, -0.2) is 19.9 Å². The molecule has 7 heteroatoms. The smallest absolute Gasteiger partial charge is 0.336 e. The number of thioether (sulfide) groups is 1. The highest BCUT2D eigenvalue weighted by Crippen LogP contribution is 2.29. The van der Waals surface area contributed by atoms with Crippen molar-refractivity contribution in [3.63, 3.8) is 0 Å². The molecule has 0 unspecified atom stereocenters. The predicted molar refractivity (Wildman–Crippen MR) is 105 cm³/mol. The lowest BCUT2D eigenvalue weighted by molar-refractivity contribution is 0.473. The average Bonchev–Trinajstić information content (AvgIpc) is 3.00. The Morgan fingerprint density at radius 3 is 2.74 bits per heavy atom. The molecule has 0 spiro atoms. The van der Waals surface area contributed by atoms with E-state index < -0.39 is 5.63 Å². The van der Waals surface area contributed by atoms with E-state index in [4.69, 9.17) is 4.42 Å². The van der Waals surface area contributed by atoms with Crippen molar-refractivity contribution in [2.24, 2.45) is 0 Å². The van der Waals surface area contributed by atoms with Gasteiger partial charge in [-0.1, -0.05) is 30.0 Å². The Morgan fingerprint density at radius 1 is 1.11 bits per heavy atom. The Kier molecular flexibility index (Phi) is 4.45. The number of phenolic OH excluding ortho intramolecular Hbond substituents is 1. The Bertz CT molecular complexity index is 1200. The molecular formula is C20H17N3O3S. The molecule has 2 aromatic carbocycles. The van der Waals surface area contributed by atoms with Crippen LogP contribution in [0.5, 0.6) is 5.75 Å². The van der Waals surface area contributed by atoms with Crippen molar-refractivity contribution in [1.82, 2.24) is 14.8 Å². The second-order valence-electron chi connectivity index (χ2n) is 6.21. The second kappa shape index (κ2) is 6.92. The molecule has 4 rings (SSSR count). The Hall–Kier alpha value is -3.06. The summed E-state index contributed by atoms with van der Waals surface area (Å²) < 4.78 is 7.20. The fraction of sp³-hybridized carbons (Fsp3) is 0.150. The van der Waals surface area contributed by atoms with E-state index in [-0.39, 0.29) is 5.75 Å². The number of rotatable bonds is 4. The Balaban J connectivity index is 1.71. The normalized spacial score (nSPS) is 11.2. The minimum atomic E-state index is -0.444. The lowest BCUT2D eigenvalue weighted by Crippen LogP contribution is -2.02. The number of para-hydroxylation sites is 1. The molecule has 0 saturated carbocycles.